The number of aryl methyl sites for hydroxylation is 2. The van der Waals surface area contributed by atoms with E-state index in [-0.39, 0.29) is 22.5 Å². The van der Waals surface area contributed by atoms with Crippen molar-refractivity contribution in [2.75, 3.05) is 5.75 Å². The van der Waals surface area contributed by atoms with Gasteiger partial charge >= 0.3 is 0 Å². The molecule has 5 rings (SSSR count). The van der Waals surface area contributed by atoms with Gasteiger partial charge in [-0.05, 0) is 79.5 Å². The molecule has 4 nitrogen and oxygen atoms in total. The Morgan fingerprint density at radius 2 is 1.83 bits per heavy atom. The van der Waals surface area contributed by atoms with Crippen LogP contribution in [0.1, 0.15) is 53.6 Å². The molecule has 36 heavy (non-hydrogen) atoms. The zero-order valence-corrected chi connectivity index (χ0v) is 23.3. The smallest absolute Gasteiger partial charge is 0.267 e. The Bertz CT molecular complexity index is 1500. The van der Waals surface area contributed by atoms with E-state index < -0.39 is 0 Å². The van der Waals surface area contributed by atoms with Crippen LogP contribution in [0.4, 0.5) is 0 Å². The van der Waals surface area contributed by atoms with Gasteiger partial charge in [0.1, 0.15) is 4.83 Å². The van der Waals surface area contributed by atoms with Gasteiger partial charge < -0.3 is 0 Å². The lowest BCUT2D eigenvalue weighted by molar-refractivity contribution is 0.102. The second-order valence-corrected chi connectivity index (χ2v) is 13.0. The first kappa shape index (κ1) is 25.2. The number of halogens is 1. The summed E-state index contributed by atoms with van der Waals surface area (Å²) in [4.78, 5) is 33.9. The Morgan fingerprint density at radius 1 is 1.14 bits per heavy atom. The lowest BCUT2D eigenvalue weighted by Gasteiger charge is -2.33. The summed E-state index contributed by atoms with van der Waals surface area (Å²) >= 11 is 8.93. The zero-order chi connectivity index (χ0) is 25.6. The molecule has 186 valence electrons. The van der Waals surface area contributed by atoms with Crippen molar-refractivity contribution in [2.45, 2.75) is 52.1 Å². The second kappa shape index (κ2) is 9.81. The van der Waals surface area contributed by atoms with Crippen LogP contribution in [0.25, 0.3) is 15.9 Å². The molecular weight excluding hydrogens is 508 g/mol. The maximum atomic E-state index is 14.0. The van der Waals surface area contributed by atoms with E-state index in [1.807, 2.05) is 31.2 Å². The summed E-state index contributed by atoms with van der Waals surface area (Å²) in [6.07, 6.45) is 2.98. The lowest BCUT2D eigenvalue weighted by atomic mass is 9.72. The Balaban J connectivity index is 1.58. The molecule has 0 bridgehead atoms. The minimum atomic E-state index is -0.0444. The second-order valence-electron chi connectivity index (χ2n) is 10.6. The first-order valence-corrected chi connectivity index (χ1v) is 14.4. The van der Waals surface area contributed by atoms with Crippen molar-refractivity contribution in [3.05, 3.63) is 85.5 Å². The van der Waals surface area contributed by atoms with Crippen molar-refractivity contribution in [3.63, 3.8) is 0 Å². The average Bonchev–Trinajstić information content (AvgIpc) is 3.21. The third-order valence-corrected chi connectivity index (χ3v) is 9.41. The number of Topliss-reactive ketones (excluding diaryl/α,β-unsaturated/α-hetero) is 1. The molecule has 0 radical (unpaired) electrons. The number of aromatic nitrogens is 2. The molecule has 0 spiro atoms. The van der Waals surface area contributed by atoms with Crippen LogP contribution in [-0.4, -0.2) is 21.1 Å². The number of rotatable bonds is 5. The van der Waals surface area contributed by atoms with Crippen molar-refractivity contribution < 1.29 is 4.79 Å². The van der Waals surface area contributed by atoms with E-state index in [0.29, 0.717) is 21.7 Å². The van der Waals surface area contributed by atoms with Gasteiger partial charge in [0, 0.05) is 15.5 Å². The highest BCUT2D eigenvalue weighted by Crippen LogP contribution is 2.42. The van der Waals surface area contributed by atoms with Crippen molar-refractivity contribution in [1.29, 1.82) is 0 Å². The van der Waals surface area contributed by atoms with Gasteiger partial charge in [-0.25, -0.2) is 4.98 Å². The van der Waals surface area contributed by atoms with E-state index in [4.69, 9.17) is 16.6 Å². The van der Waals surface area contributed by atoms with Gasteiger partial charge in [0.2, 0.25) is 0 Å². The van der Waals surface area contributed by atoms with Crippen molar-refractivity contribution in [1.82, 2.24) is 9.55 Å². The third-order valence-electron chi connectivity index (χ3n) is 7.07. The van der Waals surface area contributed by atoms with Gasteiger partial charge in [0.25, 0.3) is 5.56 Å². The number of carbonyl (C=O) groups excluding carboxylic acids is 1. The molecule has 1 atom stereocenters. The first-order valence-electron chi connectivity index (χ1n) is 12.2. The largest absolute Gasteiger partial charge is 0.293 e. The standard InChI is InChI=1S/C29H29ClN2O2S2/c1-17-5-12-21(13-6-17)32-27(34)25-22-14-9-19(29(2,3)4)15-24(22)36-26(25)31-28(32)35-16-23(33)18-7-10-20(30)11-8-18/h5-8,10-13,19H,9,14-16H2,1-4H3/t19-/m1/s1. The summed E-state index contributed by atoms with van der Waals surface area (Å²) in [5, 5.41) is 1.89. The maximum absolute atomic E-state index is 14.0. The highest BCUT2D eigenvalue weighted by Gasteiger charge is 2.32. The molecule has 2 heterocycles. The monoisotopic (exact) mass is 536 g/mol. The van der Waals surface area contributed by atoms with Gasteiger partial charge in [-0.2, -0.15) is 0 Å². The lowest BCUT2D eigenvalue weighted by Crippen LogP contribution is -2.27. The van der Waals surface area contributed by atoms with E-state index >= 15 is 0 Å². The molecule has 2 aromatic heterocycles. The number of benzene rings is 2. The van der Waals surface area contributed by atoms with Crippen molar-refractivity contribution in [2.24, 2.45) is 11.3 Å². The van der Waals surface area contributed by atoms with Gasteiger partial charge in [-0.15, -0.1) is 11.3 Å². The fourth-order valence-electron chi connectivity index (χ4n) is 4.81. The molecule has 0 unspecified atom stereocenters. The number of hydrogen-bond donors (Lipinski definition) is 0. The minimum absolute atomic E-state index is 0.0278. The van der Waals surface area contributed by atoms with Crippen molar-refractivity contribution >= 4 is 50.7 Å². The van der Waals surface area contributed by atoms with Crippen LogP contribution >= 0.6 is 34.7 Å². The van der Waals surface area contributed by atoms with Crippen LogP contribution in [0.2, 0.25) is 5.02 Å². The Hall–Kier alpha value is -2.41. The summed E-state index contributed by atoms with van der Waals surface area (Å²) < 4.78 is 1.68. The number of ketones is 1. The van der Waals surface area contributed by atoms with Crippen molar-refractivity contribution in [3.8, 4) is 5.69 Å². The topological polar surface area (TPSA) is 52.0 Å². The van der Waals surface area contributed by atoms with Gasteiger partial charge in [0.15, 0.2) is 10.9 Å². The summed E-state index contributed by atoms with van der Waals surface area (Å²) in [6.45, 7) is 8.91. The zero-order valence-electron chi connectivity index (χ0n) is 20.9. The number of carbonyl (C=O) groups is 1. The fraction of sp³-hybridized carbons (Fsp3) is 0.345. The van der Waals surface area contributed by atoms with Gasteiger partial charge in [-0.1, -0.05) is 61.8 Å². The summed E-state index contributed by atoms with van der Waals surface area (Å²) in [7, 11) is 0. The SMILES string of the molecule is Cc1ccc(-n2c(SCC(=O)c3ccc(Cl)cc3)nc3sc4c(c3c2=O)CC[C@@H](C(C)(C)C)C4)cc1. The van der Waals surface area contributed by atoms with E-state index in [9.17, 15) is 9.59 Å². The first-order chi connectivity index (χ1) is 17.1. The molecule has 2 aromatic carbocycles. The van der Waals surface area contributed by atoms with E-state index in [1.54, 1.807) is 40.2 Å². The number of nitrogens with zero attached hydrogens (tertiary/aromatic N) is 2. The predicted molar refractivity (Wildman–Crippen MR) is 151 cm³/mol. The average molecular weight is 537 g/mol. The highest BCUT2D eigenvalue weighted by molar-refractivity contribution is 7.99. The number of hydrogen-bond acceptors (Lipinski definition) is 5. The van der Waals surface area contributed by atoms with Crippen LogP contribution in [0, 0.1) is 18.3 Å². The summed E-state index contributed by atoms with van der Waals surface area (Å²) in [5.41, 5.74) is 3.84. The molecule has 1 aliphatic carbocycles. The van der Waals surface area contributed by atoms with Crippen LogP contribution in [0.3, 0.4) is 0 Å². The molecule has 0 fully saturated rings. The molecule has 0 N–H and O–H groups in total. The molecule has 1 aliphatic rings. The highest BCUT2D eigenvalue weighted by atomic mass is 35.5. The van der Waals surface area contributed by atoms with Crippen LogP contribution in [0.15, 0.2) is 58.5 Å². The maximum Gasteiger partial charge on any atom is 0.267 e. The third kappa shape index (κ3) is 4.91. The fourth-order valence-corrected chi connectivity index (χ4v) is 7.19. The Labute approximate surface area is 224 Å². The van der Waals surface area contributed by atoms with Crippen LogP contribution in [-0.2, 0) is 12.8 Å². The minimum Gasteiger partial charge on any atom is -0.293 e. The molecule has 0 amide bonds. The Kier molecular flexibility index (Phi) is 6.88. The molecular formula is C29H29ClN2O2S2. The van der Waals surface area contributed by atoms with Crippen LogP contribution in [0.5, 0.6) is 0 Å². The van der Waals surface area contributed by atoms with Gasteiger partial charge in [0.05, 0.1) is 16.8 Å². The summed E-state index contributed by atoms with van der Waals surface area (Å²) in [6, 6.07) is 14.8. The number of thiophene rings is 1. The van der Waals surface area contributed by atoms with E-state index in [2.05, 4.69) is 20.8 Å². The Morgan fingerprint density at radius 3 is 2.50 bits per heavy atom. The normalized spacial score (nSPS) is 15.8. The molecule has 4 aromatic rings. The molecule has 7 heteroatoms. The van der Waals surface area contributed by atoms with E-state index in [1.165, 1.54) is 22.2 Å². The number of thioether (sulfide) groups is 1. The van der Waals surface area contributed by atoms with Gasteiger partial charge in [-0.3, -0.25) is 14.2 Å². The molecule has 0 saturated heterocycles. The number of fused-ring (bicyclic) bond motifs is 3. The molecule has 0 saturated carbocycles. The molecule has 0 aliphatic heterocycles. The van der Waals surface area contributed by atoms with Crippen LogP contribution < -0.4 is 5.56 Å². The predicted octanol–water partition coefficient (Wildman–Crippen LogP) is 7.54. The summed E-state index contributed by atoms with van der Waals surface area (Å²) in [5.74, 6) is 0.742. The quantitative estimate of drug-likeness (QED) is 0.150. The van der Waals surface area contributed by atoms with E-state index in [0.717, 1.165) is 40.7 Å².